The number of halogens is 2. The lowest BCUT2D eigenvalue weighted by Gasteiger charge is -2.33. The predicted molar refractivity (Wildman–Crippen MR) is 137 cm³/mol. The second-order valence-corrected chi connectivity index (χ2v) is 7.77. The van der Waals surface area contributed by atoms with Crippen molar-refractivity contribution in [3.8, 4) is 0 Å². The summed E-state index contributed by atoms with van der Waals surface area (Å²) in [6, 6.07) is 11.8. The van der Waals surface area contributed by atoms with Crippen LogP contribution in [0.3, 0.4) is 0 Å². The Bertz CT molecular complexity index is 894. The lowest BCUT2D eigenvalue weighted by molar-refractivity contribution is -0.122. The average molecular weight is 557 g/mol. The Morgan fingerprint density at radius 1 is 1.26 bits per heavy atom. The van der Waals surface area contributed by atoms with E-state index < -0.39 is 0 Å². The molecule has 9 heteroatoms. The molecular weight excluding hydrogens is 527 g/mol. The predicted octanol–water partition coefficient (Wildman–Crippen LogP) is 2.96. The van der Waals surface area contributed by atoms with Crippen molar-refractivity contribution in [2.24, 2.45) is 16.6 Å². The van der Waals surface area contributed by atoms with Crippen molar-refractivity contribution < 1.29 is 4.79 Å². The Labute approximate surface area is 205 Å². The summed E-state index contributed by atoms with van der Waals surface area (Å²) in [5.74, 6) is 1.24. The highest BCUT2D eigenvalue weighted by atomic mass is 127. The third-order valence-electron chi connectivity index (χ3n) is 5.31. The maximum Gasteiger partial charge on any atom is 0.222 e. The number of piperidine rings is 1. The Hall–Kier alpha value is -2.07. The van der Waals surface area contributed by atoms with Crippen LogP contribution in [0.5, 0.6) is 0 Å². The monoisotopic (exact) mass is 556 g/mol. The van der Waals surface area contributed by atoms with E-state index in [1.165, 1.54) is 0 Å². The number of amides is 1. The minimum Gasteiger partial charge on any atom is -0.369 e. The van der Waals surface area contributed by atoms with Gasteiger partial charge in [-0.1, -0.05) is 35.9 Å². The van der Waals surface area contributed by atoms with E-state index in [9.17, 15) is 4.79 Å². The fourth-order valence-electron chi connectivity index (χ4n) is 3.67. The molecule has 0 bridgehead atoms. The molecule has 1 aromatic carbocycles. The molecule has 1 aromatic heterocycles. The fourth-order valence-corrected chi connectivity index (χ4v) is 3.90. The van der Waals surface area contributed by atoms with Gasteiger partial charge in [-0.25, -0.2) is 4.98 Å². The van der Waals surface area contributed by atoms with E-state index in [1.54, 1.807) is 13.2 Å². The van der Waals surface area contributed by atoms with Gasteiger partial charge in [0.2, 0.25) is 5.91 Å². The second-order valence-electron chi connectivity index (χ2n) is 7.37. The Kier molecular flexibility index (Phi) is 10.3. The van der Waals surface area contributed by atoms with Crippen molar-refractivity contribution in [2.75, 3.05) is 31.6 Å². The first kappa shape index (κ1) is 25.2. The molecule has 3 rings (SSSR count). The molecule has 1 fully saturated rings. The SMILES string of the molecule is CN=C(NCCc1ccccc1Cl)NCc1cccnc1N1CCCC(C(N)=O)C1.I. The van der Waals surface area contributed by atoms with Gasteiger partial charge in [0.15, 0.2) is 5.96 Å². The number of benzene rings is 1. The molecule has 2 heterocycles. The largest absolute Gasteiger partial charge is 0.369 e. The molecule has 1 atom stereocenters. The zero-order valence-corrected chi connectivity index (χ0v) is 20.8. The number of rotatable bonds is 7. The van der Waals surface area contributed by atoms with Crippen LogP contribution in [0, 0.1) is 5.92 Å². The van der Waals surface area contributed by atoms with E-state index in [0.29, 0.717) is 19.0 Å². The van der Waals surface area contributed by atoms with Gasteiger partial charge in [0.1, 0.15) is 5.82 Å². The normalized spacial score (nSPS) is 16.4. The van der Waals surface area contributed by atoms with E-state index in [-0.39, 0.29) is 35.8 Å². The van der Waals surface area contributed by atoms with Crippen LogP contribution < -0.4 is 21.3 Å². The van der Waals surface area contributed by atoms with Crippen LogP contribution >= 0.6 is 35.6 Å². The number of nitrogens with one attached hydrogen (secondary N) is 2. The van der Waals surface area contributed by atoms with Gasteiger partial charge in [0.25, 0.3) is 0 Å². The van der Waals surface area contributed by atoms with Crippen molar-refractivity contribution in [2.45, 2.75) is 25.8 Å². The average Bonchev–Trinajstić information content (AvgIpc) is 2.77. The van der Waals surface area contributed by atoms with Crippen molar-refractivity contribution in [1.29, 1.82) is 0 Å². The smallest absolute Gasteiger partial charge is 0.222 e. The molecule has 7 nitrogen and oxygen atoms in total. The molecule has 0 aliphatic carbocycles. The molecule has 1 aliphatic rings. The van der Waals surface area contributed by atoms with E-state index >= 15 is 0 Å². The van der Waals surface area contributed by atoms with E-state index in [0.717, 1.165) is 54.3 Å². The molecule has 4 N–H and O–H groups in total. The number of hydrogen-bond donors (Lipinski definition) is 3. The summed E-state index contributed by atoms with van der Waals surface area (Å²) in [5, 5.41) is 7.45. The quantitative estimate of drug-likeness (QED) is 0.277. The number of carbonyl (C=O) groups is 1. The summed E-state index contributed by atoms with van der Waals surface area (Å²) < 4.78 is 0. The van der Waals surface area contributed by atoms with Crippen LogP contribution in [0.15, 0.2) is 47.6 Å². The molecule has 0 spiro atoms. The molecular formula is C22H30ClIN6O. The molecule has 1 unspecified atom stereocenters. The fraction of sp³-hybridized carbons (Fsp3) is 0.409. The van der Waals surface area contributed by atoms with Crippen LogP contribution in [-0.2, 0) is 17.8 Å². The summed E-state index contributed by atoms with van der Waals surface area (Å²) in [5.41, 5.74) is 7.68. The minimum atomic E-state index is -0.238. The number of nitrogens with zero attached hydrogens (tertiary/aromatic N) is 3. The molecule has 1 amide bonds. The number of aliphatic imine (C=N–C) groups is 1. The minimum absolute atomic E-state index is 0. The highest BCUT2D eigenvalue weighted by Gasteiger charge is 2.25. The molecule has 1 aliphatic heterocycles. The topological polar surface area (TPSA) is 95.6 Å². The third-order valence-corrected chi connectivity index (χ3v) is 5.67. The van der Waals surface area contributed by atoms with Crippen LogP contribution in [0.25, 0.3) is 0 Å². The summed E-state index contributed by atoms with van der Waals surface area (Å²) in [7, 11) is 1.75. The van der Waals surface area contributed by atoms with Crippen LogP contribution in [0.1, 0.15) is 24.0 Å². The first-order chi connectivity index (χ1) is 14.6. The number of guanidine groups is 1. The lowest BCUT2D eigenvalue weighted by atomic mass is 9.97. The van der Waals surface area contributed by atoms with E-state index in [1.807, 2.05) is 36.4 Å². The van der Waals surface area contributed by atoms with E-state index in [2.05, 4.69) is 25.5 Å². The lowest BCUT2D eigenvalue weighted by Crippen LogP contribution is -2.42. The number of primary amides is 1. The molecule has 168 valence electrons. The number of anilines is 1. The van der Waals surface area contributed by atoms with Gasteiger partial charge >= 0.3 is 0 Å². The molecule has 1 saturated heterocycles. The van der Waals surface area contributed by atoms with Gasteiger partial charge in [0, 0.05) is 50.0 Å². The van der Waals surface area contributed by atoms with Gasteiger partial charge in [-0.15, -0.1) is 24.0 Å². The summed E-state index contributed by atoms with van der Waals surface area (Å²) in [6.07, 6.45) is 4.36. The zero-order chi connectivity index (χ0) is 21.3. The molecule has 0 radical (unpaired) electrons. The van der Waals surface area contributed by atoms with Gasteiger partial charge in [0.05, 0.1) is 5.92 Å². The standard InChI is InChI=1S/C22H29ClN6O.HI/c1-25-22(27-12-10-16-6-2-3-9-19(16)23)28-14-17-7-4-11-26-21(17)29-13-5-8-18(15-29)20(24)30;/h2-4,6-7,9,11,18H,5,8,10,12-15H2,1H3,(H2,24,30)(H2,25,27,28);1H. The van der Waals surface area contributed by atoms with Crippen LogP contribution in [-0.4, -0.2) is 43.5 Å². The van der Waals surface area contributed by atoms with Gasteiger partial charge in [-0.2, -0.15) is 0 Å². The number of carbonyl (C=O) groups excluding carboxylic acids is 1. The Morgan fingerprint density at radius 3 is 2.77 bits per heavy atom. The summed E-state index contributed by atoms with van der Waals surface area (Å²) >= 11 is 6.22. The van der Waals surface area contributed by atoms with Crippen molar-refractivity contribution in [3.63, 3.8) is 0 Å². The Balaban J connectivity index is 0.00000341. The summed E-state index contributed by atoms with van der Waals surface area (Å²) in [4.78, 5) is 22.7. The highest BCUT2D eigenvalue weighted by Crippen LogP contribution is 2.24. The van der Waals surface area contributed by atoms with E-state index in [4.69, 9.17) is 17.3 Å². The number of aromatic nitrogens is 1. The highest BCUT2D eigenvalue weighted by molar-refractivity contribution is 14.0. The van der Waals surface area contributed by atoms with Crippen molar-refractivity contribution in [3.05, 3.63) is 58.7 Å². The first-order valence-corrected chi connectivity index (χ1v) is 10.6. The van der Waals surface area contributed by atoms with Crippen molar-refractivity contribution >= 4 is 53.3 Å². The van der Waals surface area contributed by atoms with Crippen molar-refractivity contribution in [1.82, 2.24) is 15.6 Å². The molecule has 0 saturated carbocycles. The number of hydrogen-bond acceptors (Lipinski definition) is 4. The maximum absolute atomic E-state index is 11.6. The second kappa shape index (κ2) is 12.7. The molecule has 31 heavy (non-hydrogen) atoms. The first-order valence-electron chi connectivity index (χ1n) is 10.2. The van der Waals surface area contributed by atoms with Gasteiger partial charge in [-0.05, 0) is 37.0 Å². The number of pyridine rings is 1. The van der Waals surface area contributed by atoms with Gasteiger partial charge < -0.3 is 21.3 Å². The van der Waals surface area contributed by atoms with Crippen LogP contribution in [0.4, 0.5) is 5.82 Å². The van der Waals surface area contributed by atoms with Crippen LogP contribution in [0.2, 0.25) is 5.02 Å². The zero-order valence-electron chi connectivity index (χ0n) is 17.7. The van der Waals surface area contributed by atoms with Gasteiger partial charge in [-0.3, -0.25) is 9.79 Å². The number of nitrogens with two attached hydrogens (primary N) is 1. The third kappa shape index (κ3) is 7.24. The Morgan fingerprint density at radius 2 is 2.03 bits per heavy atom. The summed E-state index contributed by atoms with van der Waals surface area (Å²) in [6.45, 7) is 2.78. The maximum atomic E-state index is 11.6. The molecule has 2 aromatic rings.